The lowest BCUT2D eigenvalue weighted by Crippen LogP contribution is -2.47. The molecule has 0 aromatic rings. The van der Waals surface area contributed by atoms with Gasteiger partial charge in [-0.3, -0.25) is 14.2 Å². The Morgan fingerprint density at radius 3 is 1.34 bits per heavy atom. The highest BCUT2D eigenvalue weighted by Gasteiger charge is 2.27. The van der Waals surface area contributed by atoms with Crippen LogP contribution in [0.4, 0.5) is 0 Å². The van der Waals surface area contributed by atoms with E-state index in [0.29, 0.717) is 23.9 Å². The largest absolute Gasteiger partial charge is 0.756 e. The fraction of sp³-hybridized carbons (Fsp3) is 0.770. The van der Waals surface area contributed by atoms with E-state index in [-0.39, 0.29) is 31.3 Å². The molecule has 0 rings (SSSR count). The minimum Gasteiger partial charge on any atom is -0.756 e. The second-order valence-electron chi connectivity index (χ2n) is 20.8. The molecule has 9 nitrogen and oxygen atoms in total. The number of unbranched alkanes of at least 4 members (excludes halogenated alkanes) is 26. The summed E-state index contributed by atoms with van der Waals surface area (Å²) in [5.41, 5.74) is 0. The highest BCUT2D eigenvalue weighted by Crippen LogP contribution is 2.38. The number of allylic oxidation sites excluding steroid dienone is 11. The number of phosphoric acid groups is 1. The van der Waals surface area contributed by atoms with Crippen LogP contribution in [0.5, 0.6) is 0 Å². The average Bonchev–Trinajstić information content (AvgIpc) is 3.33. The maximum atomic E-state index is 13.4. The Morgan fingerprint density at radius 1 is 0.493 bits per heavy atom. The number of quaternary nitrogens is 1. The zero-order chi connectivity index (χ0) is 52.2. The summed E-state index contributed by atoms with van der Waals surface area (Å²) < 4.78 is 30.2. The van der Waals surface area contributed by atoms with Gasteiger partial charge in [0, 0.05) is 12.8 Å². The van der Waals surface area contributed by atoms with Crippen LogP contribution in [0.2, 0.25) is 0 Å². The van der Waals surface area contributed by atoms with Gasteiger partial charge >= 0.3 is 5.97 Å². The van der Waals surface area contributed by atoms with Crippen LogP contribution in [0.3, 0.4) is 0 Å². The number of hydrogen-bond donors (Lipinski definition) is 1. The molecule has 1 N–H and O–H groups in total. The third-order valence-electron chi connectivity index (χ3n) is 12.6. The number of rotatable bonds is 52. The second kappa shape index (κ2) is 51.0. The lowest BCUT2D eigenvalue weighted by molar-refractivity contribution is -0.870. The standard InChI is InChI=1S/C61H111N2O7P/c1-7-10-13-16-19-22-25-27-28-29-30-31-32-33-34-36-39-42-45-48-51-54-61(65)70-59(52-49-46-43-40-37-24-21-18-15-12-9-3)58(57-69-71(66,67)68-56-55-63(4,5)6)62-60(64)53-50-47-44-41-38-35-26-23-20-17-14-11-8-2/h19,22,27-28,30-31,35,38,44,47,49,52,58-59H,7-18,20-21,23-26,29,32-34,36-37,39-43,45-46,48,50-51,53-57H2,1-6H3,(H-,62,64,66,67)/b22-19-,28-27-,31-30-,38-35-,47-44+,52-49-. The number of amides is 1. The Labute approximate surface area is 438 Å². The number of carbonyl (C=O) groups excluding carboxylic acids is 2. The van der Waals surface area contributed by atoms with Crippen molar-refractivity contribution >= 4 is 19.7 Å². The summed E-state index contributed by atoms with van der Waals surface area (Å²) in [5, 5.41) is 2.97. The SMILES string of the molecule is CCCCC/C=C\C/C=C\C/C=C\CCCCCCCCCCC(=O)OC(/C=C\CCCCCCCCCCC)C(COP(=O)([O-])OCC[N+](C)(C)C)NC(=O)CC/C=C/C/C=C\CCCCCCCC. The van der Waals surface area contributed by atoms with Crippen LogP contribution >= 0.6 is 7.82 Å². The van der Waals surface area contributed by atoms with Gasteiger partial charge in [0.1, 0.15) is 19.3 Å². The van der Waals surface area contributed by atoms with Gasteiger partial charge in [-0.2, -0.15) is 0 Å². The fourth-order valence-electron chi connectivity index (χ4n) is 8.05. The molecule has 0 aromatic carbocycles. The van der Waals surface area contributed by atoms with E-state index in [1.54, 1.807) is 0 Å². The molecule has 0 saturated carbocycles. The molecule has 0 saturated heterocycles. The van der Waals surface area contributed by atoms with Crippen LogP contribution < -0.4 is 10.2 Å². The Bertz CT molecular complexity index is 1450. The molecule has 0 fully saturated rings. The number of carbonyl (C=O) groups is 2. The maximum Gasteiger partial charge on any atom is 0.306 e. The predicted octanol–water partition coefficient (Wildman–Crippen LogP) is 17.0. The van der Waals surface area contributed by atoms with Crippen LogP contribution in [-0.2, 0) is 27.9 Å². The first kappa shape index (κ1) is 68.5. The van der Waals surface area contributed by atoms with Crippen LogP contribution in [0.15, 0.2) is 72.9 Å². The summed E-state index contributed by atoms with van der Waals surface area (Å²) in [5.74, 6) is -0.629. The summed E-state index contributed by atoms with van der Waals surface area (Å²) in [6, 6.07) is -0.923. The molecule has 412 valence electrons. The van der Waals surface area contributed by atoms with Gasteiger partial charge < -0.3 is 28.5 Å². The van der Waals surface area contributed by atoms with Crippen LogP contribution in [0.1, 0.15) is 252 Å². The third-order valence-corrected chi connectivity index (χ3v) is 13.6. The fourth-order valence-corrected chi connectivity index (χ4v) is 8.77. The molecule has 1 amide bonds. The lowest BCUT2D eigenvalue weighted by Gasteiger charge is -2.30. The predicted molar refractivity (Wildman–Crippen MR) is 302 cm³/mol. The number of esters is 1. The van der Waals surface area contributed by atoms with Crippen LogP contribution in [0, 0.1) is 0 Å². The Morgan fingerprint density at radius 2 is 0.873 bits per heavy atom. The molecule has 0 radical (unpaired) electrons. The van der Waals surface area contributed by atoms with Crippen LogP contribution in [0.25, 0.3) is 0 Å². The van der Waals surface area contributed by atoms with E-state index >= 15 is 0 Å². The normalized spacial score (nSPS) is 14.3. The summed E-state index contributed by atoms with van der Waals surface area (Å²) >= 11 is 0. The number of phosphoric ester groups is 1. The number of hydrogen-bond acceptors (Lipinski definition) is 7. The van der Waals surface area contributed by atoms with E-state index in [4.69, 9.17) is 13.8 Å². The van der Waals surface area contributed by atoms with E-state index in [2.05, 4.69) is 80.8 Å². The summed E-state index contributed by atoms with van der Waals surface area (Å²) in [4.78, 5) is 39.8. The van der Waals surface area contributed by atoms with Crippen molar-refractivity contribution in [3.05, 3.63) is 72.9 Å². The van der Waals surface area contributed by atoms with E-state index in [0.717, 1.165) is 70.6 Å². The molecule has 0 aliphatic heterocycles. The second-order valence-corrected chi connectivity index (χ2v) is 22.2. The minimum absolute atomic E-state index is 0.0349. The lowest BCUT2D eigenvalue weighted by atomic mass is 10.1. The molecule has 71 heavy (non-hydrogen) atoms. The van der Waals surface area contributed by atoms with Gasteiger partial charge in [-0.1, -0.05) is 222 Å². The first-order valence-corrected chi connectivity index (χ1v) is 30.7. The quantitative estimate of drug-likeness (QED) is 0.0212. The summed E-state index contributed by atoms with van der Waals surface area (Å²) in [7, 11) is 1.14. The molecule has 0 aromatic heterocycles. The van der Waals surface area contributed by atoms with E-state index < -0.39 is 26.6 Å². The molecule has 0 spiro atoms. The Kier molecular flexibility index (Phi) is 49.1. The first-order chi connectivity index (χ1) is 34.4. The van der Waals surface area contributed by atoms with Gasteiger partial charge in [0.05, 0.1) is 33.8 Å². The highest BCUT2D eigenvalue weighted by atomic mass is 31.2. The van der Waals surface area contributed by atoms with Crippen molar-refractivity contribution in [2.24, 2.45) is 0 Å². The van der Waals surface area contributed by atoms with Gasteiger partial charge in [-0.15, -0.1) is 0 Å². The zero-order valence-electron chi connectivity index (χ0n) is 46.9. The van der Waals surface area contributed by atoms with E-state index in [9.17, 15) is 19.0 Å². The van der Waals surface area contributed by atoms with Crippen molar-refractivity contribution in [1.82, 2.24) is 5.32 Å². The third kappa shape index (κ3) is 52.1. The van der Waals surface area contributed by atoms with Crippen molar-refractivity contribution in [3.63, 3.8) is 0 Å². The van der Waals surface area contributed by atoms with Crippen molar-refractivity contribution in [1.29, 1.82) is 0 Å². The molecule has 0 aliphatic rings. The number of likely N-dealkylation sites (N-methyl/N-ethyl adjacent to an activating group) is 1. The smallest absolute Gasteiger partial charge is 0.306 e. The summed E-state index contributed by atoms with van der Waals surface area (Å²) in [6.45, 7) is 6.74. The molecule has 0 bridgehead atoms. The highest BCUT2D eigenvalue weighted by molar-refractivity contribution is 7.45. The Hall–Kier alpha value is -2.55. The molecule has 3 atom stereocenters. The Balaban J connectivity index is 5.31. The van der Waals surface area contributed by atoms with Gasteiger partial charge in [0.15, 0.2) is 0 Å². The van der Waals surface area contributed by atoms with Crippen molar-refractivity contribution in [3.8, 4) is 0 Å². The average molecular weight is 1020 g/mol. The molecular weight excluding hydrogens is 904 g/mol. The van der Waals surface area contributed by atoms with E-state index in [1.165, 1.54) is 135 Å². The number of ether oxygens (including phenoxy) is 1. The van der Waals surface area contributed by atoms with Gasteiger partial charge in [-0.25, -0.2) is 0 Å². The van der Waals surface area contributed by atoms with Gasteiger partial charge in [0.2, 0.25) is 5.91 Å². The van der Waals surface area contributed by atoms with Gasteiger partial charge in [0.25, 0.3) is 7.82 Å². The summed E-state index contributed by atoms with van der Waals surface area (Å²) in [6.07, 6.45) is 64.6. The molecule has 3 unspecified atom stereocenters. The topological polar surface area (TPSA) is 114 Å². The van der Waals surface area contributed by atoms with Crippen molar-refractivity contribution in [2.75, 3.05) is 40.9 Å². The molecule has 0 aliphatic carbocycles. The number of nitrogens with zero attached hydrogens (tertiary/aromatic N) is 1. The molecular formula is C61H111N2O7P. The van der Waals surface area contributed by atoms with E-state index in [1.807, 2.05) is 39.4 Å². The van der Waals surface area contributed by atoms with Gasteiger partial charge in [-0.05, 0) is 89.5 Å². The molecule has 10 heteroatoms. The molecule has 0 heterocycles. The number of nitrogens with one attached hydrogen (secondary N) is 1. The van der Waals surface area contributed by atoms with Crippen LogP contribution in [-0.4, -0.2) is 69.4 Å². The first-order valence-electron chi connectivity index (χ1n) is 29.2. The van der Waals surface area contributed by atoms with Crippen molar-refractivity contribution in [2.45, 2.75) is 264 Å². The minimum atomic E-state index is -4.71. The zero-order valence-corrected chi connectivity index (χ0v) is 47.8. The monoisotopic (exact) mass is 1010 g/mol. The maximum absolute atomic E-state index is 13.4. The van der Waals surface area contributed by atoms with Crippen molar-refractivity contribution < 1.29 is 37.3 Å².